The van der Waals surface area contributed by atoms with E-state index < -0.39 is 10.0 Å². The van der Waals surface area contributed by atoms with E-state index in [9.17, 15) is 8.42 Å². The molecule has 1 atom stereocenters. The van der Waals surface area contributed by atoms with Gasteiger partial charge in [0.25, 0.3) is 0 Å². The van der Waals surface area contributed by atoms with E-state index in [-0.39, 0.29) is 6.04 Å². The highest BCUT2D eigenvalue weighted by atomic mass is 32.2. The molecule has 1 aliphatic rings. The van der Waals surface area contributed by atoms with Gasteiger partial charge in [-0.05, 0) is 25.6 Å². The van der Waals surface area contributed by atoms with Crippen molar-refractivity contribution < 1.29 is 12.8 Å². The van der Waals surface area contributed by atoms with Crippen molar-refractivity contribution in [3.8, 4) is 0 Å². The third-order valence-corrected chi connectivity index (χ3v) is 6.71. The Labute approximate surface area is 125 Å². The van der Waals surface area contributed by atoms with Gasteiger partial charge in [0.15, 0.2) is 0 Å². The van der Waals surface area contributed by atoms with Crippen molar-refractivity contribution in [1.29, 1.82) is 0 Å². The van der Waals surface area contributed by atoms with Crippen molar-refractivity contribution in [2.45, 2.75) is 37.8 Å². The van der Waals surface area contributed by atoms with Gasteiger partial charge in [-0.2, -0.15) is 16.1 Å². The Morgan fingerprint density at radius 2 is 2.30 bits per heavy atom. The molecule has 0 bridgehead atoms. The van der Waals surface area contributed by atoms with Crippen LogP contribution in [0.4, 0.5) is 0 Å². The maximum atomic E-state index is 12.7. The third-order valence-electron chi connectivity index (χ3n) is 3.55. The minimum Gasteiger partial charge on any atom is -0.464 e. The lowest BCUT2D eigenvalue weighted by atomic mass is 10.3. The van der Waals surface area contributed by atoms with Crippen molar-refractivity contribution in [3.05, 3.63) is 17.6 Å². The van der Waals surface area contributed by atoms with Crippen LogP contribution in [0.25, 0.3) is 0 Å². The molecule has 1 aromatic rings. The lowest BCUT2D eigenvalue weighted by Gasteiger charge is -2.22. The van der Waals surface area contributed by atoms with Gasteiger partial charge < -0.3 is 9.73 Å². The first-order chi connectivity index (χ1) is 9.46. The molecule has 1 N–H and O–H groups in total. The van der Waals surface area contributed by atoms with Gasteiger partial charge in [-0.1, -0.05) is 6.92 Å². The maximum Gasteiger partial charge on any atom is 0.246 e. The number of furan rings is 1. The molecule has 7 heteroatoms. The Bertz CT molecular complexity index is 548. The zero-order chi connectivity index (χ0) is 14.8. The average Bonchev–Trinajstić information content (AvgIpc) is 3.04. The van der Waals surface area contributed by atoms with E-state index >= 15 is 0 Å². The second-order valence-electron chi connectivity index (χ2n) is 4.95. The molecular weight excluding hydrogens is 296 g/mol. The quantitative estimate of drug-likeness (QED) is 0.867. The summed E-state index contributed by atoms with van der Waals surface area (Å²) in [5.41, 5.74) is 0. The number of sulfonamides is 1. The summed E-state index contributed by atoms with van der Waals surface area (Å²) in [6.07, 6.45) is 0.918. The number of rotatable bonds is 6. The number of hydrogen-bond donors (Lipinski definition) is 1. The Hall–Kier alpha value is -0.500. The van der Waals surface area contributed by atoms with E-state index in [2.05, 4.69) is 5.32 Å². The molecule has 1 aliphatic heterocycles. The molecule has 0 radical (unpaired) electrons. The molecule has 0 spiro atoms. The number of thioether (sulfide) groups is 1. The van der Waals surface area contributed by atoms with Crippen molar-refractivity contribution in [2.24, 2.45) is 0 Å². The van der Waals surface area contributed by atoms with Crippen LogP contribution in [0.5, 0.6) is 0 Å². The van der Waals surface area contributed by atoms with Gasteiger partial charge in [-0.3, -0.25) is 0 Å². The second-order valence-corrected chi connectivity index (χ2v) is 8.07. The predicted octanol–water partition coefficient (Wildman–Crippen LogP) is 1.82. The highest BCUT2D eigenvalue weighted by molar-refractivity contribution is 7.99. The van der Waals surface area contributed by atoms with Gasteiger partial charge in [0.2, 0.25) is 10.0 Å². The summed E-state index contributed by atoms with van der Waals surface area (Å²) >= 11 is 1.80. The first-order valence-electron chi connectivity index (χ1n) is 6.82. The lowest BCUT2D eigenvalue weighted by Crippen LogP contribution is -2.37. The van der Waals surface area contributed by atoms with Crippen LogP contribution in [0, 0.1) is 6.92 Å². The Morgan fingerprint density at radius 3 is 2.90 bits per heavy atom. The van der Waals surface area contributed by atoms with E-state index in [0.29, 0.717) is 23.0 Å². The largest absolute Gasteiger partial charge is 0.464 e. The molecule has 0 aliphatic carbocycles. The molecule has 1 unspecified atom stereocenters. The van der Waals surface area contributed by atoms with Crippen LogP contribution in [-0.4, -0.2) is 43.9 Å². The number of nitrogens with zero attached hydrogens (tertiary/aromatic N) is 1. The summed E-state index contributed by atoms with van der Waals surface area (Å²) in [6.45, 7) is 5.08. The summed E-state index contributed by atoms with van der Waals surface area (Å²) in [5.74, 6) is 3.03. The monoisotopic (exact) mass is 318 g/mol. The van der Waals surface area contributed by atoms with E-state index in [4.69, 9.17) is 4.42 Å². The van der Waals surface area contributed by atoms with Crippen LogP contribution in [0.2, 0.25) is 0 Å². The molecular formula is C13H22N2O3S2. The molecule has 5 nitrogen and oxygen atoms in total. The summed E-state index contributed by atoms with van der Waals surface area (Å²) in [7, 11) is -1.79. The smallest absolute Gasteiger partial charge is 0.246 e. The first kappa shape index (κ1) is 15.9. The molecule has 0 aromatic carbocycles. The standard InChI is InChI=1S/C13H22N2O3S2/c1-4-14-8-12-7-13(10(2)18-12)20(16,17)15(3)11-5-6-19-9-11/h7,11,14H,4-6,8-9H2,1-3H3. The van der Waals surface area contributed by atoms with E-state index in [1.165, 1.54) is 4.31 Å². The Morgan fingerprint density at radius 1 is 1.55 bits per heavy atom. The van der Waals surface area contributed by atoms with Crippen LogP contribution in [0.3, 0.4) is 0 Å². The van der Waals surface area contributed by atoms with Crippen LogP contribution in [-0.2, 0) is 16.6 Å². The van der Waals surface area contributed by atoms with Crippen molar-refractivity contribution >= 4 is 21.8 Å². The predicted molar refractivity (Wildman–Crippen MR) is 81.5 cm³/mol. The van der Waals surface area contributed by atoms with Gasteiger partial charge in [0.1, 0.15) is 16.4 Å². The molecule has 1 fully saturated rings. The molecule has 1 saturated heterocycles. The van der Waals surface area contributed by atoms with Gasteiger partial charge in [0.05, 0.1) is 6.54 Å². The topological polar surface area (TPSA) is 62.6 Å². The van der Waals surface area contributed by atoms with Gasteiger partial charge in [-0.15, -0.1) is 0 Å². The van der Waals surface area contributed by atoms with Gasteiger partial charge >= 0.3 is 0 Å². The van der Waals surface area contributed by atoms with Gasteiger partial charge in [-0.25, -0.2) is 8.42 Å². The van der Waals surface area contributed by atoms with Crippen molar-refractivity contribution in [1.82, 2.24) is 9.62 Å². The average molecular weight is 318 g/mol. The number of hydrogen-bond acceptors (Lipinski definition) is 5. The van der Waals surface area contributed by atoms with Crippen molar-refractivity contribution in [3.63, 3.8) is 0 Å². The molecule has 20 heavy (non-hydrogen) atoms. The fourth-order valence-corrected chi connectivity index (χ4v) is 5.21. The Balaban J connectivity index is 2.22. The van der Waals surface area contributed by atoms with E-state index in [1.54, 1.807) is 31.8 Å². The Kier molecular flexibility index (Phi) is 5.17. The lowest BCUT2D eigenvalue weighted by molar-refractivity contribution is 0.392. The van der Waals surface area contributed by atoms with Gasteiger partial charge in [0, 0.05) is 24.9 Å². The number of nitrogens with one attached hydrogen (secondary N) is 1. The zero-order valence-corrected chi connectivity index (χ0v) is 13.8. The fraction of sp³-hybridized carbons (Fsp3) is 0.692. The highest BCUT2D eigenvalue weighted by Gasteiger charge is 2.32. The molecule has 2 rings (SSSR count). The first-order valence-corrected chi connectivity index (χ1v) is 9.42. The number of aryl methyl sites for hydroxylation is 1. The second kappa shape index (κ2) is 6.51. The third kappa shape index (κ3) is 3.21. The van der Waals surface area contributed by atoms with E-state index in [1.807, 2.05) is 6.92 Å². The molecule has 2 heterocycles. The summed E-state index contributed by atoms with van der Waals surface area (Å²) in [6, 6.07) is 1.74. The summed E-state index contributed by atoms with van der Waals surface area (Å²) < 4.78 is 32.4. The van der Waals surface area contributed by atoms with E-state index in [0.717, 1.165) is 24.5 Å². The minimum atomic E-state index is -3.46. The maximum absolute atomic E-state index is 12.7. The zero-order valence-electron chi connectivity index (χ0n) is 12.2. The minimum absolute atomic E-state index is 0.0940. The SMILES string of the molecule is CCNCc1cc(S(=O)(=O)N(C)C2CCSC2)c(C)o1. The van der Waals surface area contributed by atoms with Crippen molar-refractivity contribution in [2.75, 3.05) is 25.1 Å². The highest BCUT2D eigenvalue weighted by Crippen LogP contribution is 2.29. The molecule has 1 aromatic heterocycles. The molecule has 114 valence electrons. The summed E-state index contributed by atoms with van der Waals surface area (Å²) in [4.78, 5) is 0.296. The summed E-state index contributed by atoms with van der Waals surface area (Å²) in [5, 5.41) is 3.14. The van der Waals surface area contributed by atoms with Crippen LogP contribution in [0.1, 0.15) is 24.9 Å². The molecule has 0 amide bonds. The van der Waals surface area contributed by atoms with Crippen LogP contribution >= 0.6 is 11.8 Å². The molecule has 0 saturated carbocycles. The van der Waals surface area contributed by atoms with Crippen LogP contribution in [0.15, 0.2) is 15.4 Å². The van der Waals surface area contributed by atoms with Crippen LogP contribution < -0.4 is 5.32 Å². The normalized spacial score (nSPS) is 19.9. The fourth-order valence-electron chi connectivity index (χ4n) is 2.28.